The van der Waals surface area contributed by atoms with Crippen LogP contribution in [0.25, 0.3) is 5.65 Å². The van der Waals surface area contributed by atoms with Crippen LogP contribution >= 0.6 is 0 Å². The highest BCUT2D eigenvalue weighted by Gasteiger charge is 2.20. The van der Waals surface area contributed by atoms with Gasteiger partial charge in [-0.15, -0.1) is 0 Å². The van der Waals surface area contributed by atoms with E-state index in [-0.39, 0.29) is 5.91 Å². The molecule has 2 aliphatic heterocycles. The second-order valence-corrected chi connectivity index (χ2v) is 8.75. The van der Waals surface area contributed by atoms with Gasteiger partial charge in [0.1, 0.15) is 11.5 Å². The Morgan fingerprint density at radius 3 is 2.50 bits per heavy atom. The fourth-order valence-corrected chi connectivity index (χ4v) is 4.57. The summed E-state index contributed by atoms with van der Waals surface area (Å²) in [4.78, 5) is 28.7. The molecule has 0 radical (unpaired) electrons. The number of piperidine rings is 1. The molecule has 3 aromatic heterocycles. The molecule has 0 atom stereocenters. The molecule has 168 valence electrons. The highest BCUT2D eigenvalue weighted by Crippen LogP contribution is 2.19. The predicted molar refractivity (Wildman–Crippen MR) is 126 cm³/mol. The van der Waals surface area contributed by atoms with Crippen molar-refractivity contribution in [2.24, 2.45) is 0 Å². The van der Waals surface area contributed by atoms with Crippen LogP contribution in [0.4, 0.5) is 11.5 Å². The van der Waals surface area contributed by atoms with Gasteiger partial charge in [0.15, 0.2) is 0 Å². The summed E-state index contributed by atoms with van der Waals surface area (Å²) in [6.45, 7) is 7.04. The van der Waals surface area contributed by atoms with Crippen LogP contribution in [0.3, 0.4) is 0 Å². The molecule has 1 amide bonds. The summed E-state index contributed by atoms with van der Waals surface area (Å²) in [6.07, 6.45) is 9.66. The second kappa shape index (κ2) is 9.67. The number of carbonyl (C=O) groups excluding carboxylic acids is 1. The number of fused-ring (bicyclic) bond motifs is 1. The zero-order chi connectivity index (χ0) is 21.8. The average molecular weight is 434 g/mol. The van der Waals surface area contributed by atoms with E-state index < -0.39 is 0 Å². The van der Waals surface area contributed by atoms with E-state index in [0.717, 1.165) is 68.7 Å². The van der Waals surface area contributed by atoms with E-state index in [0.29, 0.717) is 6.54 Å². The van der Waals surface area contributed by atoms with Gasteiger partial charge in [-0.2, -0.15) is 0 Å². The topological polar surface area (TPSA) is 69.0 Å². The van der Waals surface area contributed by atoms with Crippen LogP contribution in [0.5, 0.6) is 0 Å². The van der Waals surface area contributed by atoms with Gasteiger partial charge in [0.2, 0.25) is 5.91 Å². The van der Waals surface area contributed by atoms with Crippen molar-refractivity contribution in [1.82, 2.24) is 24.2 Å². The molecular formula is C24H31N7O. The summed E-state index contributed by atoms with van der Waals surface area (Å²) in [5.74, 6) is 1.02. The van der Waals surface area contributed by atoms with Gasteiger partial charge in [-0.3, -0.25) is 14.6 Å². The maximum absolute atomic E-state index is 12.5. The summed E-state index contributed by atoms with van der Waals surface area (Å²) in [5, 5.41) is 3.00. The summed E-state index contributed by atoms with van der Waals surface area (Å²) in [6, 6.07) is 10.0. The Morgan fingerprint density at radius 2 is 1.75 bits per heavy atom. The molecule has 0 bridgehead atoms. The Kier molecular flexibility index (Phi) is 6.31. The third-order valence-electron chi connectivity index (χ3n) is 6.34. The van der Waals surface area contributed by atoms with Crippen LogP contribution in [0, 0.1) is 0 Å². The maximum Gasteiger partial charge on any atom is 0.238 e. The van der Waals surface area contributed by atoms with Crippen molar-refractivity contribution >= 4 is 23.1 Å². The number of nitrogens with one attached hydrogen (secondary N) is 1. The van der Waals surface area contributed by atoms with E-state index in [1.165, 1.54) is 19.3 Å². The number of piperazine rings is 1. The maximum atomic E-state index is 12.5. The third-order valence-corrected chi connectivity index (χ3v) is 6.34. The number of carbonyl (C=O) groups is 1. The smallest absolute Gasteiger partial charge is 0.238 e. The number of pyridine rings is 2. The number of amides is 1. The lowest BCUT2D eigenvalue weighted by Crippen LogP contribution is -2.48. The Hall–Kier alpha value is -2.97. The van der Waals surface area contributed by atoms with Crippen molar-refractivity contribution in [3.8, 4) is 0 Å². The van der Waals surface area contributed by atoms with Crippen molar-refractivity contribution in [3.05, 3.63) is 54.6 Å². The first kappa shape index (κ1) is 20.9. The first-order chi connectivity index (χ1) is 15.7. The number of hydrogen-bond donors (Lipinski definition) is 1. The average Bonchev–Trinajstić information content (AvgIpc) is 3.24. The van der Waals surface area contributed by atoms with Gasteiger partial charge in [0, 0.05) is 58.2 Å². The van der Waals surface area contributed by atoms with Crippen LogP contribution in [-0.4, -0.2) is 75.9 Å². The number of rotatable bonds is 6. The number of nitrogens with zero attached hydrogens (tertiary/aromatic N) is 6. The number of aromatic nitrogens is 3. The van der Waals surface area contributed by atoms with Crippen LogP contribution in [0.2, 0.25) is 0 Å². The zero-order valence-corrected chi connectivity index (χ0v) is 18.5. The molecule has 0 aromatic carbocycles. The summed E-state index contributed by atoms with van der Waals surface area (Å²) in [5.41, 5.74) is 2.83. The molecule has 5 heterocycles. The first-order valence-electron chi connectivity index (χ1n) is 11.6. The quantitative estimate of drug-likeness (QED) is 0.644. The van der Waals surface area contributed by atoms with Crippen LogP contribution in [0.1, 0.15) is 25.0 Å². The van der Waals surface area contributed by atoms with E-state index in [1.807, 2.05) is 36.5 Å². The lowest BCUT2D eigenvalue weighted by atomic mass is 10.1. The monoisotopic (exact) mass is 433 g/mol. The van der Waals surface area contributed by atoms with Crippen molar-refractivity contribution in [2.75, 3.05) is 56.0 Å². The Labute approximate surface area is 188 Å². The molecule has 1 N–H and O–H groups in total. The summed E-state index contributed by atoms with van der Waals surface area (Å²) < 4.78 is 2.06. The molecule has 0 spiro atoms. The van der Waals surface area contributed by atoms with Gasteiger partial charge in [0.25, 0.3) is 0 Å². The fourth-order valence-electron chi connectivity index (χ4n) is 4.57. The van der Waals surface area contributed by atoms with E-state index in [2.05, 4.69) is 35.6 Å². The second-order valence-electron chi connectivity index (χ2n) is 8.75. The number of hydrogen-bond acceptors (Lipinski definition) is 6. The SMILES string of the molecule is O=C(CN1CCN(Cc2cn3ccccc3n2)CC1)Nc1ccc(N2CCCCC2)nc1. The third kappa shape index (κ3) is 5.08. The molecule has 0 saturated carbocycles. The Morgan fingerprint density at radius 1 is 0.938 bits per heavy atom. The largest absolute Gasteiger partial charge is 0.357 e. The summed E-state index contributed by atoms with van der Waals surface area (Å²) in [7, 11) is 0. The van der Waals surface area contributed by atoms with Gasteiger partial charge in [-0.25, -0.2) is 9.97 Å². The standard InChI is InChI=1S/C24H31N7O/c32-24(27-20-7-8-22(25-16-20)30-9-3-1-4-10-30)19-29-14-12-28(13-15-29)17-21-18-31-11-5-2-6-23(31)26-21/h2,5-8,11,16,18H,1,3-4,9-10,12-15,17,19H2,(H,27,32). The highest BCUT2D eigenvalue weighted by molar-refractivity contribution is 5.92. The first-order valence-corrected chi connectivity index (χ1v) is 11.6. The molecule has 2 fully saturated rings. The van der Waals surface area contributed by atoms with Gasteiger partial charge >= 0.3 is 0 Å². The minimum absolute atomic E-state index is 0.0197. The minimum Gasteiger partial charge on any atom is -0.357 e. The van der Waals surface area contributed by atoms with Gasteiger partial charge in [-0.1, -0.05) is 6.07 Å². The highest BCUT2D eigenvalue weighted by atomic mass is 16.2. The van der Waals surface area contributed by atoms with Crippen LogP contribution in [-0.2, 0) is 11.3 Å². The zero-order valence-electron chi connectivity index (χ0n) is 18.5. The molecule has 0 aliphatic carbocycles. The number of anilines is 2. The molecule has 0 unspecified atom stereocenters. The molecule has 2 saturated heterocycles. The molecule has 8 nitrogen and oxygen atoms in total. The van der Waals surface area contributed by atoms with Crippen LogP contribution in [0.15, 0.2) is 48.9 Å². The molecule has 8 heteroatoms. The normalized spacial score (nSPS) is 18.2. The van der Waals surface area contributed by atoms with Gasteiger partial charge in [0.05, 0.1) is 24.1 Å². The molecule has 5 rings (SSSR count). The van der Waals surface area contributed by atoms with E-state index in [9.17, 15) is 4.79 Å². The summed E-state index contributed by atoms with van der Waals surface area (Å²) >= 11 is 0. The number of imidazole rings is 1. The van der Waals surface area contributed by atoms with E-state index >= 15 is 0 Å². The Bertz CT molecular complexity index is 1000. The lowest BCUT2D eigenvalue weighted by Gasteiger charge is -2.33. The minimum atomic E-state index is 0.0197. The van der Waals surface area contributed by atoms with Crippen molar-refractivity contribution in [2.45, 2.75) is 25.8 Å². The molecule has 3 aromatic rings. The van der Waals surface area contributed by atoms with Gasteiger partial charge < -0.3 is 14.6 Å². The van der Waals surface area contributed by atoms with Crippen molar-refractivity contribution < 1.29 is 4.79 Å². The van der Waals surface area contributed by atoms with Crippen LogP contribution < -0.4 is 10.2 Å². The van der Waals surface area contributed by atoms with Crippen molar-refractivity contribution in [1.29, 1.82) is 0 Å². The molecule has 2 aliphatic rings. The van der Waals surface area contributed by atoms with E-state index in [1.54, 1.807) is 6.20 Å². The lowest BCUT2D eigenvalue weighted by molar-refractivity contribution is -0.117. The van der Waals surface area contributed by atoms with Gasteiger partial charge in [-0.05, 0) is 43.5 Å². The van der Waals surface area contributed by atoms with Crippen molar-refractivity contribution in [3.63, 3.8) is 0 Å². The fraction of sp³-hybridized carbons (Fsp3) is 0.458. The Balaban J connectivity index is 1.07. The van der Waals surface area contributed by atoms with E-state index in [4.69, 9.17) is 4.98 Å². The molecular weight excluding hydrogens is 402 g/mol. The predicted octanol–water partition coefficient (Wildman–Crippen LogP) is 2.48. The molecule has 32 heavy (non-hydrogen) atoms.